The minimum atomic E-state index is 0.557. The van der Waals surface area contributed by atoms with Crippen LogP contribution in [0.15, 0.2) is 36.5 Å². The minimum absolute atomic E-state index is 0.557. The van der Waals surface area contributed by atoms with Gasteiger partial charge in [0.15, 0.2) is 11.0 Å². The molecule has 0 fully saturated rings. The van der Waals surface area contributed by atoms with Gasteiger partial charge < -0.3 is 0 Å². The lowest BCUT2D eigenvalue weighted by Gasteiger charge is -1.96. The second-order valence-electron chi connectivity index (χ2n) is 3.59. The van der Waals surface area contributed by atoms with Crippen LogP contribution in [0.1, 0.15) is 4.88 Å². The standard InChI is InChI=1S/C12H9ClN2S/c1-8-5-6-10(16-8)12-14-11(13)9-4-2-3-7-15(9)12/h2-7H,1H3. The van der Waals surface area contributed by atoms with E-state index in [1.807, 2.05) is 28.8 Å². The number of aryl methyl sites for hydroxylation is 1. The quantitative estimate of drug-likeness (QED) is 0.636. The molecule has 0 saturated carbocycles. The van der Waals surface area contributed by atoms with E-state index in [0.29, 0.717) is 5.15 Å². The first-order chi connectivity index (χ1) is 7.75. The Labute approximate surface area is 102 Å². The number of hydrogen-bond donors (Lipinski definition) is 0. The van der Waals surface area contributed by atoms with Gasteiger partial charge in [-0.3, -0.25) is 4.40 Å². The molecule has 3 aromatic rings. The zero-order chi connectivity index (χ0) is 11.1. The van der Waals surface area contributed by atoms with Gasteiger partial charge >= 0.3 is 0 Å². The molecule has 0 unspecified atom stereocenters. The van der Waals surface area contributed by atoms with Gasteiger partial charge in [0.2, 0.25) is 0 Å². The number of pyridine rings is 1. The fourth-order valence-corrected chi connectivity index (χ4v) is 2.82. The second-order valence-corrected chi connectivity index (χ2v) is 5.24. The molecule has 0 aliphatic rings. The fourth-order valence-electron chi connectivity index (χ4n) is 1.73. The number of hydrogen-bond acceptors (Lipinski definition) is 2. The Morgan fingerprint density at radius 2 is 2.12 bits per heavy atom. The van der Waals surface area contributed by atoms with E-state index in [0.717, 1.165) is 16.2 Å². The van der Waals surface area contributed by atoms with Crippen LogP contribution in [0, 0.1) is 6.92 Å². The highest BCUT2D eigenvalue weighted by molar-refractivity contribution is 7.15. The van der Waals surface area contributed by atoms with E-state index >= 15 is 0 Å². The van der Waals surface area contributed by atoms with Crippen LogP contribution in [0.5, 0.6) is 0 Å². The molecule has 80 valence electrons. The minimum Gasteiger partial charge on any atom is -0.298 e. The molecule has 0 amide bonds. The number of imidazole rings is 1. The van der Waals surface area contributed by atoms with E-state index in [1.54, 1.807) is 11.3 Å². The lowest BCUT2D eigenvalue weighted by molar-refractivity contribution is 1.17. The average molecular weight is 249 g/mol. The zero-order valence-corrected chi connectivity index (χ0v) is 10.2. The predicted molar refractivity (Wildman–Crippen MR) is 68.3 cm³/mol. The maximum absolute atomic E-state index is 6.11. The summed E-state index contributed by atoms with van der Waals surface area (Å²) in [6.45, 7) is 2.09. The van der Waals surface area contributed by atoms with Gasteiger partial charge in [0, 0.05) is 11.1 Å². The van der Waals surface area contributed by atoms with Crippen LogP contribution in [-0.2, 0) is 0 Å². The summed E-state index contributed by atoms with van der Waals surface area (Å²) in [6, 6.07) is 10.1. The molecular weight excluding hydrogens is 240 g/mol. The summed E-state index contributed by atoms with van der Waals surface area (Å²) in [6.07, 6.45) is 1.98. The number of thiophene rings is 1. The highest BCUT2D eigenvalue weighted by Gasteiger charge is 2.11. The predicted octanol–water partition coefficient (Wildman–Crippen LogP) is 4.02. The third-order valence-electron chi connectivity index (χ3n) is 2.46. The summed E-state index contributed by atoms with van der Waals surface area (Å²) >= 11 is 7.83. The molecule has 3 aromatic heterocycles. The summed E-state index contributed by atoms with van der Waals surface area (Å²) < 4.78 is 2.02. The molecule has 3 heterocycles. The molecule has 0 aliphatic heterocycles. The molecule has 0 aliphatic carbocycles. The Hall–Kier alpha value is -1.32. The molecule has 2 nitrogen and oxygen atoms in total. The monoisotopic (exact) mass is 248 g/mol. The van der Waals surface area contributed by atoms with E-state index < -0.39 is 0 Å². The van der Waals surface area contributed by atoms with E-state index in [2.05, 4.69) is 24.0 Å². The first-order valence-corrected chi connectivity index (χ1v) is 6.14. The zero-order valence-electron chi connectivity index (χ0n) is 8.64. The molecule has 0 spiro atoms. The smallest absolute Gasteiger partial charge is 0.156 e. The van der Waals surface area contributed by atoms with Crippen LogP contribution in [0.25, 0.3) is 16.2 Å². The average Bonchev–Trinajstić information content (AvgIpc) is 2.84. The van der Waals surface area contributed by atoms with Gasteiger partial charge in [-0.05, 0) is 31.2 Å². The van der Waals surface area contributed by atoms with Crippen molar-refractivity contribution in [2.45, 2.75) is 6.92 Å². The number of nitrogens with zero attached hydrogens (tertiary/aromatic N) is 2. The molecule has 3 rings (SSSR count). The summed E-state index contributed by atoms with van der Waals surface area (Å²) in [5.41, 5.74) is 0.949. The van der Waals surface area contributed by atoms with Crippen LogP contribution in [-0.4, -0.2) is 9.38 Å². The molecule has 0 saturated heterocycles. The third kappa shape index (κ3) is 1.44. The van der Waals surface area contributed by atoms with Crippen molar-refractivity contribution in [1.82, 2.24) is 9.38 Å². The summed E-state index contributed by atoms with van der Waals surface area (Å²) in [7, 11) is 0. The molecular formula is C12H9ClN2S. The van der Waals surface area contributed by atoms with Crippen LogP contribution in [0.2, 0.25) is 5.15 Å². The highest BCUT2D eigenvalue weighted by atomic mass is 35.5. The second kappa shape index (κ2) is 3.61. The Morgan fingerprint density at radius 1 is 1.25 bits per heavy atom. The maximum Gasteiger partial charge on any atom is 0.156 e. The third-order valence-corrected chi connectivity index (χ3v) is 3.74. The Morgan fingerprint density at radius 3 is 2.88 bits per heavy atom. The molecule has 4 heteroatoms. The van der Waals surface area contributed by atoms with Crippen LogP contribution in [0.3, 0.4) is 0 Å². The van der Waals surface area contributed by atoms with Gasteiger partial charge in [0.25, 0.3) is 0 Å². The molecule has 0 bridgehead atoms. The van der Waals surface area contributed by atoms with Crippen molar-refractivity contribution in [3.8, 4) is 10.7 Å². The van der Waals surface area contributed by atoms with E-state index in [1.165, 1.54) is 4.88 Å². The largest absolute Gasteiger partial charge is 0.298 e. The number of rotatable bonds is 1. The first kappa shape index (κ1) is 9.87. The van der Waals surface area contributed by atoms with Crippen molar-refractivity contribution in [2.75, 3.05) is 0 Å². The SMILES string of the molecule is Cc1ccc(-c2nc(Cl)c3ccccn23)s1. The van der Waals surface area contributed by atoms with Crippen LogP contribution < -0.4 is 0 Å². The van der Waals surface area contributed by atoms with Crippen molar-refractivity contribution in [3.63, 3.8) is 0 Å². The molecule has 16 heavy (non-hydrogen) atoms. The molecule has 0 aromatic carbocycles. The lowest BCUT2D eigenvalue weighted by Crippen LogP contribution is -1.85. The molecule has 0 atom stereocenters. The van der Waals surface area contributed by atoms with Gasteiger partial charge in [0.1, 0.15) is 0 Å². The Kier molecular flexibility index (Phi) is 2.23. The molecule has 0 radical (unpaired) electrons. The topological polar surface area (TPSA) is 17.3 Å². The van der Waals surface area contributed by atoms with Crippen LogP contribution >= 0.6 is 22.9 Å². The van der Waals surface area contributed by atoms with Gasteiger partial charge in [0.05, 0.1) is 10.4 Å². The van der Waals surface area contributed by atoms with Crippen molar-refractivity contribution in [3.05, 3.63) is 46.6 Å². The normalized spacial score (nSPS) is 11.1. The molecule has 0 N–H and O–H groups in total. The number of fused-ring (bicyclic) bond motifs is 1. The van der Waals surface area contributed by atoms with Crippen molar-refractivity contribution in [1.29, 1.82) is 0 Å². The van der Waals surface area contributed by atoms with Crippen molar-refractivity contribution >= 4 is 28.5 Å². The van der Waals surface area contributed by atoms with Gasteiger partial charge in [-0.15, -0.1) is 11.3 Å². The number of aromatic nitrogens is 2. The maximum atomic E-state index is 6.11. The van der Waals surface area contributed by atoms with Crippen molar-refractivity contribution < 1.29 is 0 Å². The fraction of sp³-hybridized carbons (Fsp3) is 0.0833. The van der Waals surface area contributed by atoms with Gasteiger partial charge in [-0.1, -0.05) is 17.7 Å². The summed E-state index contributed by atoms with van der Waals surface area (Å²) in [5.74, 6) is 0.915. The summed E-state index contributed by atoms with van der Waals surface area (Å²) in [5, 5.41) is 0.557. The summed E-state index contributed by atoms with van der Waals surface area (Å²) in [4.78, 5) is 6.83. The highest BCUT2D eigenvalue weighted by Crippen LogP contribution is 2.30. The number of halogens is 1. The van der Waals surface area contributed by atoms with E-state index in [4.69, 9.17) is 11.6 Å². The van der Waals surface area contributed by atoms with Crippen LogP contribution in [0.4, 0.5) is 0 Å². The first-order valence-electron chi connectivity index (χ1n) is 4.95. The van der Waals surface area contributed by atoms with Crippen molar-refractivity contribution in [2.24, 2.45) is 0 Å². The van der Waals surface area contributed by atoms with Gasteiger partial charge in [-0.2, -0.15) is 0 Å². The van der Waals surface area contributed by atoms with E-state index in [9.17, 15) is 0 Å². The van der Waals surface area contributed by atoms with Gasteiger partial charge in [-0.25, -0.2) is 4.98 Å². The van der Waals surface area contributed by atoms with E-state index in [-0.39, 0.29) is 0 Å². The lowest BCUT2D eigenvalue weighted by atomic mass is 10.4. The Bertz CT molecular complexity index is 654. The Balaban J connectivity index is 2.32.